The van der Waals surface area contributed by atoms with Gasteiger partial charge >= 0.3 is 11.7 Å². The molecule has 0 spiro atoms. The highest BCUT2D eigenvalue weighted by Gasteiger charge is 2.26. The summed E-state index contributed by atoms with van der Waals surface area (Å²) in [5.41, 5.74) is 5.17. The number of benzene rings is 1. The molecule has 0 aliphatic carbocycles. The van der Waals surface area contributed by atoms with Crippen LogP contribution in [0.4, 0.5) is 0 Å². The van der Waals surface area contributed by atoms with Crippen molar-refractivity contribution in [1.82, 2.24) is 9.13 Å². The second-order valence-electron chi connectivity index (χ2n) is 7.79. The Kier molecular flexibility index (Phi) is 7.50. The molecule has 0 saturated carbocycles. The summed E-state index contributed by atoms with van der Waals surface area (Å²) in [5, 5.41) is 0.181. The summed E-state index contributed by atoms with van der Waals surface area (Å²) in [4.78, 5) is 51.2. The number of thiophene rings is 1. The maximum absolute atomic E-state index is 13.4. The van der Waals surface area contributed by atoms with E-state index in [0.29, 0.717) is 10.4 Å². The number of fused-ring (bicyclic) bond motifs is 1. The van der Waals surface area contributed by atoms with Crippen LogP contribution in [-0.4, -0.2) is 33.7 Å². The Morgan fingerprint density at radius 2 is 1.79 bits per heavy atom. The molecule has 10 heteroatoms. The van der Waals surface area contributed by atoms with E-state index >= 15 is 0 Å². The highest BCUT2D eigenvalue weighted by molar-refractivity contribution is 7.20. The first-order chi connectivity index (χ1) is 15.6. The molecule has 9 nitrogen and oxygen atoms in total. The van der Waals surface area contributed by atoms with Gasteiger partial charge in [-0.25, -0.2) is 9.59 Å². The SMILES string of the molecule is CCOC(=O)c1sc2c(c1C)c(=O)n(CC(N)=O)c(=O)n2C[C@@H](OC(C)C)c1ccccc1. The van der Waals surface area contributed by atoms with Crippen molar-refractivity contribution >= 4 is 33.4 Å². The van der Waals surface area contributed by atoms with Crippen molar-refractivity contribution < 1.29 is 19.1 Å². The average Bonchev–Trinajstić information content (AvgIpc) is 3.11. The minimum Gasteiger partial charge on any atom is -0.462 e. The van der Waals surface area contributed by atoms with Crippen molar-refractivity contribution in [2.45, 2.75) is 53.0 Å². The van der Waals surface area contributed by atoms with Crippen LogP contribution in [0.5, 0.6) is 0 Å². The van der Waals surface area contributed by atoms with E-state index in [1.54, 1.807) is 13.8 Å². The molecule has 0 bridgehead atoms. The third-order valence-electron chi connectivity index (χ3n) is 5.03. The van der Waals surface area contributed by atoms with Crippen LogP contribution in [0.25, 0.3) is 10.2 Å². The molecule has 0 aliphatic rings. The van der Waals surface area contributed by atoms with Gasteiger partial charge in [0.25, 0.3) is 5.56 Å². The van der Waals surface area contributed by atoms with Crippen molar-refractivity contribution in [1.29, 1.82) is 0 Å². The van der Waals surface area contributed by atoms with E-state index in [9.17, 15) is 19.2 Å². The zero-order valence-corrected chi connectivity index (χ0v) is 19.8. The van der Waals surface area contributed by atoms with Crippen molar-refractivity contribution in [2.75, 3.05) is 6.61 Å². The number of primary amides is 1. The van der Waals surface area contributed by atoms with Gasteiger partial charge in [-0.2, -0.15) is 0 Å². The molecule has 0 aliphatic heterocycles. The molecule has 2 N–H and O–H groups in total. The van der Waals surface area contributed by atoms with Gasteiger partial charge in [0.15, 0.2) is 0 Å². The average molecular weight is 474 g/mol. The number of ether oxygens (including phenoxy) is 2. The molecular formula is C23H27N3O6S. The smallest absolute Gasteiger partial charge is 0.348 e. The van der Waals surface area contributed by atoms with Crippen LogP contribution in [-0.2, 0) is 27.4 Å². The molecule has 0 radical (unpaired) electrons. The summed E-state index contributed by atoms with van der Waals surface area (Å²) >= 11 is 1.01. The molecule has 0 fully saturated rings. The van der Waals surface area contributed by atoms with Crippen molar-refractivity contribution in [2.24, 2.45) is 5.73 Å². The molecule has 2 heterocycles. The summed E-state index contributed by atoms with van der Waals surface area (Å²) in [7, 11) is 0. The van der Waals surface area contributed by atoms with Crippen molar-refractivity contribution in [3.63, 3.8) is 0 Å². The number of aryl methyl sites for hydroxylation is 1. The number of esters is 1. The van der Waals surface area contributed by atoms with E-state index < -0.39 is 35.8 Å². The van der Waals surface area contributed by atoms with Gasteiger partial charge in [0.2, 0.25) is 5.91 Å². The summed E-state index contributed by atoms with van der Waals surface area (Å²) in [5.74, 6) is -1.40. The zero-order valence-electron chi connectivity index (χ0n) is 19.0. The number of amides is 1. The first-order valence-corrected chi connectivity index (χ1v) is 11.4. The lowest BCUT2D eigenvalue weighted by molar-refractivity contribution is -0.118. The predicted octanol–water partition coefficient (Wildman–Crippen LogP) is 2.36. The van der Waals surface area contributed by atoms with Crippen molar-refractivity contribution in [3.05, 3.63) is 67.2 Å². The highest BCUT2D eigenvalue weighted by atomic mass is 32.1. The van der Waals surface area contributed by atoms with Gasteiger partial charge in [0.1, 0.15) is 22.4 Å². The predicted molar refractivity (Wildman–Crippen MR) is 126 cm³/mol. The molecule has 0 saturated heterocycles. The maximum Gasteiger partial charge on any atom is 0.348 e. The fourth-order valence-corrected chi connectivity index (χ4v) is 4.83. The molecule has 3 rings (SSSR count). The number of carbonyl (C=O) groups is 2. The number of carbonyl (C=O) groups excluding carboxylic acids is 2. The van der Waals surface area contributed by atoms with E-state index in [4.69, 9.17) is 15.2 Å². The Labute approximate surface area is 194 Å². The summed E-state index contributed by atoms with van der Waals surface area (Å²) in [6.45, 7) is 6.74. The number of nitrogens with two attached hydrogens (primary N) is 1. The summed E-state index contributed by atoms with van der Waals surface area (Å²) < 4.78 is 13.4. The van der Waals surface area contributed by atoms with Crippen LogP contribution >= 0.6 is 11.3 Å². The lowest BCUT2D eigenvalue weighted by atomic mass is 10.1. The third-order valence-corrected chi connectivity index (χ3v) is 6.32. The van der Waals surface area contributed by atoms with Gasteiger partial charge in [-0.1, -0.05) is 30.3 Å². The molecule has 33 heavy (non-hydrogen) atoms. The van der Waals surface area contributed by atoms with Crippen LogP contribution in [0.2, 0.25) is 0 Å². The molecule has 0 unspecified atom stereocenters. The Morgan fingerprint density at radius 3 is 2.36 bits per heavy atom. The van der Waals surface area contributed by atoms with Gasteiger partial charge < -0.3 is 15.2 Å². The number of rotatable bonds is 9. The molecule has 3 aromatic rings. The molecule has 2 aromatic heterocycles. The minimum absolute atomic E-state index is 0.0682. The lowest BCUT2D eigenvalue weighted by Crippen LogP contribution is -2.43. The summed E-state index contributed by atoms with van der Waals surface area (Å²) in [6.07, 6.45) is -0.654. The number of aromatic nitrogens is 2. The van der Waals surface area contributed by atoms with Gasteiger partial charge in [-0.15, -0.1) is 11.3 Å². The van der Waals surface area contributed by atoms with E-state index in [-0.39, 0.29) is 29.5 Å². The first kappa shape index (κ1) is 24.4. The molecule has 1 atom stereocenters. The molecular weight excluding hydrogens is 446 g/mol. The molecule has 1 aromatic carbocycles. The van der Waals surface area contributed by atoms with E-state index in [1.807, 2.05) is 44.2 Å². The van der Waals surface area contributed by atoms with Crippen LogP contribution < -0.4 is 17.0 Å². The second kappa shape index (κ2) is 10.1. The zero-order chi connectivity index (χ0) is 24.3. The number of nitrogens with zero attached hydrogens (tertiary/aromatic N) is 2. The first-order valence-electron chi connectivity index (χ1n) is 10.6. The minimum atomic E-state index is -0.823. The summed E-state index contributed by atoms with van der Waals surface area (Å²) in [6, 6.07) is 9.39. The number of hydrogen-bond donors (Lipinski definition) is 1. The maximum atomic E-state index is 13.4. The Morgan fingerprint density at radius 1 is 1.12 bits per heavy atom. The largest absolute Gasteiger partial charge is 0.462 e. The quantitative estimate of drug-likeness (QED) is 0.476. The van der Waals surface area contributed by atoms with Crippen LogP contribution in [0.3, 0.4) is 0 Å². The van der Waals surface area contributed by atoms with Crippen LogP contribution in [0.1, 0.15) is 47.7 Å². The van der Waals surface area contributed by atoms with Crippen LogP contribution in [0.15, 0.2) is 39.9 Å². The lowest BCUT2D eigenvalue weighted by Gasteiger charge is -2.22. The monoisotopic (exact) mass is 473 g/mol. The van der Waals surface area contributed by atoms with Crippen molar-refractivity contribution in [3.8, 4) is 0 Å². The fraction of sp³-hybridized carbons (Fsp3) is 0.391. The van der Waals surface area contributed by atoms with E-state index in [1.165, 1.54) is 4.57 Å². The Balaban J connectivity index is 2.29. The standard InChI is InChI=1S/C23H27N3O6S/c1-5-31-22(29)19-14(4)18-20(28)25(12-17(24)27)23(30)26(21(18)33-19)11-16(32-13(2)3)15-9-7-6-8-10-15/h6-10,13,16H,5,11-12H2,1-4H3,(H2,24,27)/t16-/m1/s1. The highest BCUT2D eigenvalue weighted by Crippen LogP contribution is 2.30. The van der Waals surface area contributed by atoms with E-state index in [0.717, 1.165) is 21.5 Å². The topological polar surface area (TPSA) is 123 Å². The Hall–Kier alpha value is -3.24. The second-order valence-corrected chi connectivity index (χ2v) is 8.79. The van der Waals surface area contributed by atoms with Gasteiger partial charge in [-0.05, 0) is 38.8 Å². The van der Waals surface area contributed by atoms with Gasteiger partial charge in [0, 0.05) is 0 Å². The van der Waals surface area contributed by atoms with Gasteiger partial charge in [0.05, 0.1) is 24.6 Å². The molecule has 176 valence electrons. The van der Waals surface area contributed by atoms with Crippen LogP contribution in [0, 0.1) is 6.92 Å². The van der Waals surface area contributed by atoms with E-state index in [2.05, 4.69) is 0 Å². The Bertz CT molecular complexity index is 1290. The number of hydrogen-bond acceptors (Lipinski definition) is 7. The fourth-order valence-electron chi connectivity index (χ4n) is 3.63. The molecule has 1 amide bonds. The normalized spacial score (nSPS) is 12.3. The third kappa shape index (κ3) is 5.07. The van der Waals surface area contributed by atoms with Gasteiger partial charge in [-0.3, -0.25) is 18.7 Å².